The number of amides is 1. The molecule has 0 unspecified atom stereocenters. The number of H-pyrrole nitrogens is 1. The average Bonchev–Trinajstić information content (AvgIpc) is 3.22. The standard InChI is InChI=1S/C23H17ClN2O2/c24-18-8-10-19(11-9-18)26-23(27)22-14-17(15-25-22)16-6-12-21(13-7-16)28-20-4-2-1-3-5-20/h1-15,25H,(H,26,27). The van der Waals surface area contributed by atoms with Gasteiger partial charge in [0.05, 0.1) is 0 Å². The molecule has 0 saturated heterocycles. The molecule has 0 aliphatic rings. The zero-order valence-corrected chi connectivity index (χ0v) is 15.6. The van der Waals surface area contributed by atoms with E-state index in [4.69, 9.17) is 16.3 Å². The maximum absolute atomic E-state index is 12.4. The van der Waals surface area contributed by atoms with Crippen molar-refractivity contribution in [2.24, 2.45) is 0 Å². The highest BCUT2D eigenvalue weighted by Gasteiger charge is 2.10. The van der Waals surface area contributed by atoms with Crippen molar-refractivity contribution in [1.29, 1.82) is 0 Å². The van der Waals surface area contributed by atoms with Gasteiger partial charge in [-0.2, -0.15) is 0 Å². The minimum atomic E-state index is -0.211. The molecule has 2 N–H and O–H groups in total. The van der Waals surface area contributed by atoms with Crippen LogP contribution < -0.4 is 10.1 Å². The Morgan fingerprint density at radius 1 is 0.821 bits per heavy atom. The quantitative estimate of drug-likeness (QED) is 0.416. The van der Waals surface area contributed by atoms with E-state index in [-0.39, 0.29) is 5.91 Å². The number of carbonyl (C=O) groups excluding carboxylic acids is 1. The molecule has 138 valence electrons. The first-order chi connectivity index (χ1) is 13.7. The lowest BCUT2D eigenvalue weighted by molar-refractivity contribution is 0.102. The van der Waals surface area contributed by atoms with Crippen LogP contribution in [-0.2, 0) is 0 Å². The average molecular weight is 389 g/mol. The van der Waals surface area contributed by atoms with Crippen LogP contribution in [0.15, 0.2) is 91.1 Å². The summed E-state index contributed by atoms with van der Waals surface area (Å²) in [7, 11) is 0. The SMILES string of the molecule is O=C(Nc1ccc(Cl)cc1)c1cc(-c2ccc(Oc3ccccc3)cc2)c[nH]1. The van der Waals surface area contributed by atoms with Crippen LogP contribution in [0.2, 0.25) is 5.02 Å². The summed E-state index contributed by atoms with van der Waals surface area (Å²) >= 11 is 5.86. The molecule has 3 aromatic carbocycles. The van der Waals surface area contributed by atoms with Gasteiger partial charge in [-0.3, -0.25) is 4.79 Å². The molecule has 1 amide bonds. The Labute approximate surface area is 167 Å². The van der Waals surface area contributed by atoms with Crippen molar-refractivity contribution in [3.05, 3.63) is 102 Å². The maximum Gasteiger partial charge on any atom is 0.272 e. The van der Waals surface area contributed by atoms with E-state index in [1.807, 2.05) is 66.9 Å². The highest BCUT2D eigenvalue weighted by molar-refractivity contribution is 6.30. The van der Waals surface area contributed by atoms with Gasteiger partial charge in [0.1, 0.15) is 17.2 Å². The normalized spacial score (nSPS) is 10.5. The van der Waals surface area contributed by atoms with Gasteiger partial charge >= 0.3 is 0 Å². The third kappa shape index (κ3) is 4.24. The summed E-state index contributed by atoms with van der Waals surface area (Å²) in [4.78, 5) is 15.4. The van der Waals surface area contributed by atoms with E-state index in [2.05, 4.69) is 10.3 Å². The highest BCUT2D eigenvalue weighted by Crippen LogP contribution is 2.26. The Balaban J connectivity index is 1.44. The molecule has 0 aliphatic heterocycles. The fraction of sp³-hybridized carbons (Fsp3) is 0. The van der Waals surface area contributed by atoms with Crippen molar-refractivity contribution in [2.75, 3.05) is 5.32 Å². The first-order valence-corrected chi connectivity index (χ1v) is 9.14. The summed E-state index contributed by atoms with van der Waals surface area (Å²) in [5, 5.41) is 3.46. The van der Waals surface area contributed by atoms with Crippen LogP contribution >= 0.6 is 11.6 Å². The van der Waals surface area contributed by atoms with Crippen LogP contribution in [0, 0.1) is 0 Å². The second kappa shape index (κ2) is 8.03. The van der Waals surface area contributed by atoms with Gasteiger partial charge in [-0.15, -0.1) is 0 Å². The largest absolute Gasteiger partial charge is 0.457 e. The topological polar surface area (TPSA) is 54.1 Å². The van der Waals surface area contributed by atoms with Gasteiger partial charge in [-0.1, -0.05) is 41.9 Å². The molecule has 4 nitrogen and oxygen atoms in total. The number of nitrogens with one attached hydrogen (secondary N) is 2. The van der Waals surface area contributed by atoms with Crippen molar-refractivity contribution in [1.82, 2.24) is 4.98 Å². The molecule has 0 bridgehead atoms. The number of carbonyl (C=O) groups is 1. The van der Waals surface area contributed by atoms with E-state index in [0.717, 1.165) is 22.6 Å². The van der Waals surface area contributed by atoms with E-state index in [1.54, 1.807) is 24.3 Å². The number of para-hydroxylation sites is 1. The third-order valence-electron chi connectivity index (χ3n) is 4.20. The molecule has 28 heavy (non-hydrogen) atoms. The van der Waals surface area contributed by atoms with Gasteiger partial charge in [-0.05, 0) is 65.7 Å². The molecular formula is C23H17ClN2O2. The smallest absolute Gasteiger partial charge is 0.272 e. The lowest BCUT2D eigenvalue weighted by Gasteiger charge is -2.06. The minimum absolute atomic E-state index is 0.211. The summed E-state index contributed by atoms with van der Waals surface area (Å²) < 4.78 is 5.81. The van der Waals surface area contributed by atoms with Gasteiger partial charge in [-0.25, -0.2) is 0 Å². The first kappa shape index (κ1) is 17.9. The van der Waals surface area contributed by atoms with Crippen LogP contribution in [0.25, 0.3) is 11.1 Å². The molecular weight excluding hydrogens is 372 g/mol. The Morgan fingerprint density at radius 3 is 2.21 bits per heavy atom. The number of aromatic nitrogens is 1. The van der Waals surface area contributed by atoms with Crippen LogP contribution in [0.3, 0.4) is 0 Å². The lowest BCUT2D eigenvalue weighted by Crippen LogP contribution is -2.11. The summed E-state index contributed by atoms with van der Waals surface area (Å²) in [5.41, 5.74) is 3.08. The van der Waals surface area contributed by atoms with Crippen LogP contribution in [-0.4, -0.2) is 10.9 Å². The number of ether oxygens (including phenoxy) is 1. The summed E-state index contributed by atoms with van der Waals surface area (Å²) in [6, 6.07) is 26.2. The van der Waals surface area contributed by atoms with E-state index in [9.17, 15) is 4.79 Å². The second-order valence-electron chi connectivity index (χ2n) is 6.20. The number of aromatic amines is 1. The van der Waals surface area contributed by atoms with Crippen molar-refractivity contribution < 1.29 is 9.53 Å². The molecule has 0 fully saturated rings. The van der Waals surface area contributed by atoms with E-state index in [0.29, 0.717) is 16.4 Å². The van der Waals surface area contributed by atoms with Gasteiger partial charge in [0.15, 0.2) is 0 Å². The fourth-order valence-corrected chi connectivity index (χ4v) is 2.89. The number of hydrogen-bond donors (Lipinski definition) is 2. The molecule has 5 heteroatoms. The van der Waals surface area contributed by atoms with Crippen molar-refractivity contribution in [3.8, 4) is 22.6 Å². The van der Waals surface area contributed by atoms with Gasteiger partial charge in [0.2, 0.25) is 0 Å². The second-order valence-corrected chi connectivity index (χ2v) is 6.64. The van der Waals surface area contributed by atoms with Crippen molar-refractivity contribution in [3.63, 3.8) is 0 Å². The predicted molar refractivity (Wildman–Crippen MR) is 112 cm³/mol. The zero-order valence-electron chi connectivity index (χ0n) is 14.9. The Kier molecular flexibility index (Phi) is 5.13. The Hall–Kier alpha value is -3.50. The molecule has 0 radical (unpaired) electrons. The Bertz CT molecular complexity index is 1070. The van der Waals surface area contributed by atoms with Crippen molar-refractivity contribution >= 4 is 23.2 Å². The monoisotopic (exact) mass is 388 g/mol. The fourth-order valence-electron chi connectivity index (χ4n) is 2.76. The van der Waals surface area contributed by atoms with E-state index < -0.39 is 0 Å². The van der Waals surface area contributed by atoms with Crippen LogP contribution in [0.1, 0.15) is 10.5 Å². The lowest BCUT2D eigenvalue weighted by atomic mass is 10.1. The number of rotatable bonds is 5. The summed E-state index contributed by atoms with van der Waals surface area (Å²) in [5.74, 6) is 1.34. The van der Waals surface area contributed by atoms with Gasteiger partial charge in [0.25, 0.3) is 5.91 Å². The number of halogens is 1. The molecule has 0 saturated carbocycles. The third-order valence-corrected chi connectivity index (χ3v) is 4.45. The summed E-state index contributed by atoms with van der Waals surface area (Å²) in [6.45, 7) is 0. The molecule has 4 rings (SSSR count). The first-order valence-electron chi connectivity index (χ1n) is 8.76. The Morgan fingerprint density at radius 2 is 1.50 bits per heavy atom. The van der Waals surface area contributed by atoms with E-state index in [1.165, 1.54) is 0 Å². The zero-order chi connectivity index (χ0) is 19.3. The summed E-state index contributed by atoms with van der Waals surface area (Å²) in [6.07, 6.45) is 1.81. The molecule has 0 atom stereocenters. The van der Waals surface area contributed by atoms with E-state index >= 15 is 0 Å². The van der Waals surface area contributed by atoms with Crippen molar-refractivity contribution in [2.45, 2.75) is 0 Å². The molecule has 0 aliphatic carbocycles. The number of hydrogen-bond acceptors (Lipinski definition) is 2. The highest BCUT2D eigenvalue weighted by atomic mass is 35.5. The molecule has 4 aromatic rings. The molecule has 1 heterocycles. The predicted octanol–water partition coefficient (Wildman–Crippen LogP) is 6.38. The minimum Gasteiger partial charge on any atom is -0.457 e. The number of anilines is 1. The molecule has 1 aromatic heterocycles. The van der Waals surface area contributed by atoms with Gasteiger partial charge in [0, 0.05) is 16.9 Å². The maximum atomic E-state index is 12.4. The van der Waals surface area contributed by atoms with Crippen LogP contribution in [0.5, 0.6) is 11.5 Å². The van der Waals surface area contributed by atoms with Gasteiger partial charge < -0.3 is 15.0 Å². The number of benzene rings is 3. The molecule has 0 spiro atoms. The van der Waals surface area contributed by atoms with Crippen LogP contribution in [0.4, 0.5) is 5.69 Å².